The average molecular weight is 391 g/mol. The van der Waals surface area contributed by atoms with E-state index in [-0.39, 0.29) is 23.9 Å². The molecule has 0 spiro atoms. The number of halogens is 1. The summed E-state index contributed by atoms with van der Waals surface area (Å²) < 4.78 is 16.1. The molecule has 5 nitrogen and oxygen atoms in total. The van der Waals surface area contributed by atoms with E-state index in [1.165, 1.54) is 6.07 Å². The maximum absolute atomic E-state index is 14.2. The van der Waals surface area contributed by atoms with E-state index in [9.17, 15) is 14.0 Å². The average Bonchev–Trinajstić information content (AvgIpc) is 3.39. The molecule has 6 heteroatoms. The van der Waals surface area contributed by atoms with Crippen LogP contribution in [0, 0.1) is 11.7 Å². The monoisotopic (exact) mass is 391 g/mol. The molecule has 2 aromatic carbocycles. The zero-order chi connectivity index (χ0) is 20.2. The number of amides is 2. The summed E-state index contributed by atoms with van der Waals surface area (Å²) in [6.07, 6.45) is 4.59. The van der Waals surface area contributed by atoms with E-state index >= 15 is 0 Å². The minimum absolute atomic E-state index is 0.0392. The predicted molar refractivity (Wildman–Crippen MR) is 109 cm³/mol. The van der Waals surface area contributed by atoms with E-state index in [2.05, 4.69) is 5.32 Å². The molecule has 0 aliphatic carbocycles. The van der Waals surface area contributed by atoms with Crippen LogP contribution in [-0.4, -0.2) is 34.4 Å². The Morgan fingerprint density at radius 1 is 1.07 bits per heavy atom. The minimum Gasteiger partial charge on any atom is -0.342 e. The molecule has 0 saturated carbocycles. The van der Waals surface area contributed by atoms with Crippen LogP contribution in [0.4, 0.5) is 10.1 Å². The number of benzene rings is 2. The highest BCUT2D eigenvalue weighted by molar-refractivity contribution is 5.97. The highest BCUT2D eigenvalue weighted by atomic mass is 19.1. The first-order chi connectivity index (χ1) is 14.1. The third-order valence-corrected chi connectivity index (χ3v) is 5.21. The molecular weight excluding hydrogens is 369 g/mol. The first-order valence-electron chi connectivity index (χ1n) is 9.65. The lowest BCUT2D eigenvalue weighted by Gasteiger charge is -2.17. The van der Waals surface area contributed by atoms with E-state index in [1.807, 2.05) is 59.4 Å². The Bertz CT molecular complexity index is 1000. The summed E-state index contributed by atoms with van der Waals surface area (Å²) in [7, 11) is 0. The molecule has 148 valence electrons. The first kappa shape index (κ1) is 18.9. The van der Waals surface area contributed by atoms with Crippen molar-refractivity contribution in [3.8, 4) is 5.69 Å². The molecule has 4 rings (SSSR count). The number of carbonyl (C=O) groups is 2. The van der Waals surface area contributed by atoms with E-state index in [1.54, 1.807) is 17.0 Å². The van der Waals surface area contributed by atoms with Crippen molar-refractivity contribution in [2.45, 2.75) is 12.8 Å². The second kappa shape index (κ2) is 8.31. The van der Waals surface area contributed by atoms with Crippen molar-refractivity contribution in [2.75, 3.05) is 18.4 Å². The van der Waals surface area contributed by atoms with E-state index in [0.717, 1.165) is 17.7 Å². The number of hydrogen-bond donors (Lipinski definition) is 1. The van der Waals surface area contributed by atoms with Crippen molar-refractivity contribution >= 4 is 17.5 Å². The molecule has 1 aromatic heterocycles. The quantitative estimate of drug-likeness (QED) is 0.697. The Hall–Kier alpha value is -3.41. The molecule has 29 heavy (non-hydrogen) atoms. The van der Waals surface area contributed by atoms with Gasteiger partial charge in [0.25, 0.3) is 0 Å². The molecule has 2 heterocycles. The standard InChI is InChI=1S/C23H22FN3O2/c24-20-9-8-19(26-11-4-5-12-26)15-21(20)25-23(29)18-14-22(28)27(16-18)13-10-17-6-2-1-3-7-17/h1-9,11-12,15,18H,10,13-14,16H2,(H,25,29). The van der Waals surface area contributed by atoms with Gasteiger partial charge in [0, 0.05) is 37.6 Å². The fourth-order valence-corrected chi connectivity index (χ4v) is 3.58. The van der Waals surface area contributed by atoms with Gasteiger partial charge in [-0.05, 0) is 42.3 Å². The normalized spacial score (nSPS) is 16.2. The first-order valence-corrected chi connectivity index (χ1v) is 9.65. The van der Waals surface area contributed by atoms with Gasteiger partial charge in [0.1, 0.15) is 5.82 Å². The topological polar surface area (TPSA) is 54.3 Å². The predicted octanol–water partition coefficient (Wildman–Crippen LogP) is 3.65. The number of nitrogens with one attached hydrogen (secondary N) is 1. The van der Waals surface area contributed by atoms with Crippen molar-refractivity contribution < 1.29 is 14.0 Å². The molecule has 1 saturated heterocycles. The smallest absolute Gasteiger partial charge is 0.229 e. The third kappa shape index (κ3) is 4.37. The van der Waals surface area contributed by atoms with Crippen LogP contribution < -0.4 is 5.32 Å². The van der Waals surface area contributed by atoms with E-state index in [4.69, 9.17) is 0 Å². The lowest BCUT2D eigenvalue weighted by Crippen LogP contribution is -2.30. The largest absolute Gasteiger partial charge is 0.342 e. The molecule has 1 fully saturated rings. The second-order valence-corrected chi connectivity index (χ2v) is 7.22. The molecule has 1 aliphatic heterocycles. The van der Waals surface area contributed by atoms with Gasteiger partial charge in [-0.2, -0.15) is 0 Å². The molecule has 0 radical (unpaired) electrons. The van der Waals surface area contributed by atoms with Gasteiger partial charge in [0.05, 0.1) is 11.6 Å². The summed E-state index contributed by atoms with van der Waals surface area (Å²) in [5.41, 5.74) is 2.02. The SMILES string of the molecule is O=C(Nc1cc(-n2cccc2)ccc1F)C1CC(=O)N(CCc2ccccc2)C1. The van der Waals surface area contributed by atoms with Gasteiger partial charge in [-0.3, -0.25) is 9.59 Å². The Labute approximate surface area is 168 Å². The summed E-state index contributed by atoms with van der Waals surface area (Å²) in [4.78, 5) is 26.7. The maximum Gasteiger partial charge on any atom is 0.229 e. The summed E-state index contributed by atoms with van der Waals surface area (Å²) in [6, 6.07) is 18.2. The van der Waals surface area contributed by atoms with Crippen LogP contribution in [0.5, 0.6) is 0 Å². The van der Waals surface area contributed by atoms with E-state index in [0.29, 0.717) is 13.1 Å². The van der Waals surface area contributed by atoms with Crippen molar-refractivity contribution in [3.63, 3.8) is 0 Å². The zero-order valence-electron chi connectivity index (χ0n) is 15.9. The lowest BCUT2D eigenvalue weighted by atomic mass is 10.1. The Morgan fingerprint density at radius 2 is 1.83 bits per heavy atom. The van der Waals surface area contributed by atoms with Crippen molar-refractivity contribution in [1.29, 1.82) is 0 Å². The summed E-state index contributed by atoms with van der Waals surface area (Å²) in [6.45, 7) is 0.931. The molecule has 1 unspecified atom stereocenters. The number of nitrogens with zero attached hydrogens (tertiary/aromatic N) is 2. The van der Waals surface area contributed by atoms with E-state index < -0.39 is 11.7 Å². The highest BCUT2D eigenvalue weighted by Crippen LogP contribution is 2.23. The van der Waals surface area contributed by atoms with Crippen LogP contribution in [0.15, 0.2) is 73.1 Å². The Balaban J connectivity index is 1.39. The van der Waals surface area contributed by atoms with Gasteiger partial charge >= 0.3 is 0 Å². The van der Waals surface area contributed by atoms with Crippen LogP contribution in [-0.2, 0) is 16.0 Å². The Morgan fingerprint density at radius 3 is 2.59 bits per heavy atom. The summed E-state index contributed by atoms with van der Waals surface area (Å²) >= 11 is 0. The van der Waals surface area contributed by atoms with Crippen molar-refractivity contribution in [3.05, 3.63) is 84.4 Å². The fraction of sp³-hybridized carbons (Fsp3) is 0.217. The van der Waals surface area contributed by atoms with Crippen LogP contribution in [0.25, 0.3) is 5.69 Å². The summed E-state index contributed by atoms with van der Waals surface area (Å²) in [5, 5.41) is 2.66. The van der Waals surface area contributed by atoms with Gasteiger partial charge in [0.2, 0.25) is 11.8 Å². The molecule has 1 N–H and O–H groups in total. The molecular formula is C23H22FN3O2. The maximum atomic E-state index is 14.2. The molecule has 3 aromatic rings. The summed E-state index contributed by atoms with van der Waals surface area (Å²) in [5.74, 6) is -1.35. The third-order valence-electron chi connectivity index (χ3n) is 5.21. The van der Waals surface area contributed by atoms with Crippen LogP contribution in [0.3, 0.4) is 0 Å². The minimum atomic E-state index is -0.500. The number of rotatable bonds is 6. The second-order valence-electron chi connectivity index (χ2n) is 7.22. The van der Waals surface area contributed by atoms with Crippen molar-refractivity contribution in [2.24, 2.45) is 5.92 Å². The van der Waals surface area contributed by atoms with Gasteiger partial charge in [-0.1, -0.05) is 30.3 Å². The van der Waals surface area contributed by atoms with Gasteiger partial charge in [0.15, 0.2) is 0 Å². The number of aromatic nitrogens is 1. The van der Waals surface area contributed by atoms with Gasteiger partial charge < -0.3 is 14.8 Å². The van der Waals surface area contributed by atoms with Gasteiger partial charge in [-0.25, -0.2) is 4.39 Å². The van der Waals surface area contributed by atoms with Crippen LogP contribution >= 0.6 is 0 Å². The Kier molecular flexibility index (Phi) is 5.42. The van der Waals surface area contributed by atoms with Crippen LogP contribution in [0.1, 0.15) is 12.0 Å². The number of likely N-dealkylation sites (tertiary alicyclic amines) is 1. The number of carbonyl (C=O) groups excluding carboxylic acids is 2. The number of hydrogen-bond acceptors (Lipinski definition) is 2. The van der Waals surface area contributed by atoms with Crippen molar-refractivity contribution in [1.82, 2.24) is 9.47 Å². The molecule has 2 amide bonds. The van der Waals surface area contributed by atoms with Crippen LogP contribution in [0.2, 0.25) is 0 Å². The fourth-order valence-electron chi connectivity index (χ4n) is 3.58. The zero-order valence-corrected chi connectivity index (χ0v) is 15.9. The number of anilines is 1. The van der Waals surface area contributed by atoms with Gasteiger partial charge in [-0.15, -0.1) is 0 Å². The molecule has 0 bridgehead atoms. The molecule has 1 aliphatic rings. The molecule has 1 atom stereocenters. The lowest BCUT2D eigenvalue weighted by molar-refractivity contribution is -0.128. The highest BCUT2D eigenvalue weighted by Gasteiger charge is 2.34.